The molecule has 4 rings (SSSR count). The number of ketones is 1. The van der Waals surface area contributed by atoms with Gasteiger partial charge in [0.2, 0.25) is 5.78 Å². The van der Waals surface area contributed by atoms with Crippen molar-refractivity contribution in [2.45, 2.75) is 40.3 Å². The summed E-state index contributed by atoms with van der Waals surface area (Å²) in [7, 11) is 0. The monoisotopic (exact) mass is 500 g/mol. The highest BCUT2D eigenvalue weighted by Gasteiger charge is 2.44. The molecular formula is C30H32N2O5. The molecule has 2 heterocycles. The highest BCUT2D eigenvalue weighted by molar-refractivity contribution is 6.46. The van der Waals surface area contributed by atoms with Crippen molar-refractivity contribution >= 4 is 17.4 Å². The number of rotatable bonds is 9. The number of hydrogen-bond donors (Lipinski definition) is 0. The third-order valence-electron chi connectivity index (χ3n) is 6.17. The largest absolute Gasteiger partial charge is 0.872 e. The molecule has 1 amide bonds. The number of amides is 1. The van der Waals surface area contributed by atoms with Gasteiger partial charge in [-0.1, -0.05) is 37.8 Å². The lowest BCUT2D eigenvalue weighted by molar-refractivity contribution is -0.378. The summed E-state index contributed by atoms with van der Waals surface area (Å²) in [5.74, 6) is -0.207. The van der Waals surface area contributed by atoms with Crippen LogP contribution in [0.15, 0.2) is 72.6 Å². The van der Waals surface area contributed by atoms with Gasteiger partial charge in [0, 0.05) is 17.2 Å². The molecule has 1 aromatic heterocycles. The zero-order valence-electron chi connectivity index (χ0n) is 21.6. The van der Waals surface area contributed by atoms with Crippen LogP contribution >= 0.6 is 0 Å². The Morgan fingerprint density at radius 2 is 1.84 bits per heavy atom. The van der Waals surface area contributed by atoms with Gasteiger partial charge in [-0.05, 0) is 66.8 Å². The Balaban J connectivity index is 1.78. The van der Waals surface area contributed by atoms with E-state index in [4.69, 9.17) is 9.47 Å². The Hall–Kier alpha value is -4.13. The van der Waals surface area contributed by atoms with Gasteiger partial charge in [-0.3, -0.25) is 9.59 Å². The van der Waals surface area contributed by atoms with Crippen LogP contribution in [0.2, 0.25) is 0 Å². The minimum Gasteiger partial charge on any atom is -0.872 e. The fourth-order valence-electron chi connectivity index (χ4n) is 4.38. The number of pyridine rings is 1. The number of aromatic nitrogens is 1. The Morgan fingerprint density at radius 3 is 2.46 bits per heavy atom. The van der Waals surface area contributed by atoms with Crippen molar-refractivity contribution in [3.63, 3.8) is 0 Å². The van der Waals surface area contributed by atoms with Crippen LogP contribution < -0.4 is 19.6 Å². The maximum Gasteiger partial charge on any atom is 0.295 e. The van der Waals surface area contributed by atoms with E-state index in [1.807, 2.05) is 26.0 Å². The number of benzene rings is 2. The average molecular weight is 501 g/mol. The first-order valence-corrected chi connectivity index (χ1v) is 12.5. The molecule has 1 aliphatic heterocycles. The molecule has 192 valence electrons. The predicted octanol–water partition coefficient (Wildman–Crippen LogP) is 3.67. The quantitative estimate of drug-likeness (QED) is 0.254. The second-order valence-electron chi connectivity index (χ2n) is 9.51. The second-order valence-corrected chi connectivity index (χ2v) is 9.51. The van der Waals surface area contributed by atoms with Gasteiger partial charge in [0.25, 0.3) is 5.91 Å². The van der Waals surface area contributed by atoms with Gasteiger partial charge >= 0.3 is 0 Å². The molecule has 0 saturated carbocycles. The molecule has 7 nitrogen and oxygen atoms in total. The number of aromatic amines is 1. The molecule has 1 saturated heterocycles. The van der Waals surface area contributed by atoms with Crippen molar-refractivity contribution in [2.75, 3.05) is 13.2 Å². The van der Waals surface area contributed by atoms with Crippen LogP contribution in [0.25, 0.3) is 5.76 Å². The molecule has 1 unspecified atom stereocenters. The molecule has 0 radical (unpaired) electrons. The number of nitrogens with zero attached hydrogens (tertiary/aromatic N) is 1. The van der Waals surface area contributed by atoms with Gasteiger partial charge in [-0.2, -0.15) is 0 Å². The molecule has 0 spiro atoms. The highest BCUT2D eigenvalue weighted by atomic mass is 16.5. The normalized spacial score (nSPS) is 16.9. The highest BCUT2D eigenvalue weighted by Crippen LogP contribution is 2.40. The zero-order valence-corrected chi connectivity index (χ0v) is 21.6. The molecule has 0 bridgehead atoms. The van der Waals surface area contributed by atoms with Crippen LogP contribution in [0.3, 0.4) is 0 Å². The minimum atomic E-state index is -0.819. The Morgan fingerprint density at radius 1 is 1.08 bits per heavy atom. The van der Waals surface area contributed by atoms with E-state index in [0.29, 0.717) is 41.8 Å². The lowest BCUT2D eigenvalue weighted by Crippen LogP contribution is -2.29. The van der Waals surface area contributed by atoms with Gasteiger partial charge in [0.1, 0.15) is 11.5 Å². The predicted molar refractivity (Wildman–Crippen MR) is 137 cm³/mol. The standard InChI is InChI=1S/C30H32N2O5/c1-5-36-24-11-8-22(9-12-24)27-26(29(34)30(35)32(27)17-21-7-6-14-31-16-21)28(33)23-10-13-25(20(4)15-23)37-18-19(2)3/h6-16,19,27,33H,5,17-18H2,1-4H3. The van der Waals surface area contributed by atoms with E-state index < -0.39 is 23.5 Å². The van der Waals surface area contributed by atoms with Gasteiger partial charge < -0.3 is 19.5 Å². The average Bonchev–Trinajstić information content (AvgIpc) is 3.13. The summed E-state index contributed by atoms with van der Waals surface area (Å²) in [6, 6.07) is 15.2. The van der Waals surface area contributed by atoms with Gasteiger partial charge in [0.15, 0.2) is 12.4 Å². The molecule has 1 fully saturated rings. The number of carbonyl (C=O) groups excluding carboxylic acids is 2. The summed E-state index contributed by atoms with van der Waals surface area (Å²) >= 11 is 0. The van der Waals surface area contributed by atoms with Crippen LogP contribution in [0, 0.1) is 12.8 Å². The molecule has 7 heteroatoms. The lowest BCUT2D eigenvalue weighted by Gasteiger charge is -2.27. The summed E-state index contributed by atoms with van der Waals surface area (Å²) in [5, 5.41) is 13.8. The van der Waals surface area contributed by atoms with Crippen LogP contribution in [0.5, 0.6) is 11.5 Å². The van der Waals surface area contributed by atoms with E-state index in [1.165, 1.54) is 4.90 Å². The van der Waals surface area contributed by atoms with E-state index in [0.717, 1.165) is 11.1 Å². The maximum atomic E-state index is 13.8. The number of H-pyrrole nitrogens is 1. The molecule has 0 aliphatic carbocycles. The Labute approximate surface area is 217 Å². The third kappa shape index (κ3) is 5.66. The molecule has 3 aromatic rings. The van der Waals surface area contributed by atoms with Crippen molar-refractivity contribution in [1.82, 2.24) is 4.90 Å². The fourth-order valence-corrected chi connectivity index (χ4v) is 4.38. The van der Waals surface area contributed by atoms with E-state index in [2.05, 4.69) is 18.8 Å². The summed E-state index contributed by atoms with van der Waals surface area (Å²) in [6.07, 6.45) is 3.54. The molecule has 37 heavy (non-hydrogen) atoms. The Bertz CT molecular complexity index is 1300. The first-order chi connectivity index (χ1) is 17.8. The van der Waals surface area contributed by atoms with Gasteiger partial charge in [-0.25, -0.2) is 4.98 Å². The molecule has 1 aliphatic rings. The van der Waals surface area contributed by atoms with Crippen molar-refractivity contribution in [3.8, 4) is 11.5 Å². The number of ether oxygens (including phenoxy) is 2. The lowest BCUT2D eigenvalue weighted by atomic mass is 9.94. The summed E-state index contributed by atoms with van der Waals surface area (Å²) in [5.41, 5.74) is 2.56. The van der Waals surface area contributed by atoms with Crippen molar-refractivity contribution < 1.29 is 29.2 Å². The number of hydrogen-bond acceptors (Lipinski definition) is 5. The van der Waals surface area contributed by atoms with Crippen LogP contribution in [0.4, 0.5) is 0 Å². The van der Waals surface area contributed by atoms with Crippen molar-refractivity contribution in [3.05, 3.63) is 94.8 Å². The fraction of sp³-hybridized carbons (Fsp3) is 0.300. The maximum absolute atomic E-state index is 13.8. The summed E-state index contributed by atoms with van der Waals surface area (Å²) in [6.45, 7) is 9.14. The minimum absolute atomic E-state index is 0.0516. The van der Waals surface area contributed by atoms with Crippen LogP contribution in [-0.2, 0) is 16.1 Å². The number of Topliss-reactive ketones (excluding diaryl/α,β-unsaturated/α-hetero) is 1. The summed E-state index contributed by atoms with van der Waals surface area (Å²) in [4.78, 5) is 31.0. The van der Waals surface area contributed by atoms with Crippen LogP contribution in [0.1, 0.15) is 49.1 Å². The summed E-state index contributed by atoms with van der Waals surface area (Å²) < 4.78 is 11.4. The molecule has 2 aromatic carbocycles. The molecule has 1 atom stereocenters. The number of likely N-dealkylation sites (tertiary alicyclic amines) is 1. The first-order valence-electron chi connectivity index (χ1n) is 12.5. The van der Waals surface area contributed by atoms with E-state index in [1.54, 1.807) is 54.9 Å². The second kappa shape index (κ2) is 11.3. The van der Waals surface area contributed by atoms with E-state index >= 15 is 0 Å². The Kier molecular flexibility index (Phi) is 7.92. The van der Waals surface area contributed by atoms with Crippen LogP contribution in [-0.4, -0.2) is 29.8 Å². The zero-order chi connectivity index (χ0) is 26.5. The third-order valence-corrected chi connectivity index (χ3v) is 6.17. The number of aryl methyl sites for hydroxylation is 1. The van der Waals surface area contributed by atoms with E-state index in [9.17, 15) is 14.7 Å². The van der Waals surface area contributed by atoms with Crippen molar-refractivity contribution in [2.24, 2.45) is 5.92 Å². The van der Waals surface area contributed by atoms with Gasteiger partial charge in [0.05, 0.1) is 25.8 Å². The van der Waals surface area contributed by atoms with Gasteiger partial charge in [-0.15, -0.1) is 0 Å². The first kappa shape index (κ1) is 25.9. The van der Waals surface area contributed by atoms with Crippen molar-refractivity contribution in [1.29, 1.82) is 0 Å². The number of nitrogens with one attached hydrogen (secondary N) is 1. The van der Waals surface area contributed by atoms with E-state index in [-0.39, 0.29) is 12.1 Å². The molecular weight excluding hydrogens is 468 g/mol. The smallest absolute Gasteiger partial charge is 0.295 e. The SMILES string of the molecule is CCOc1ccc(C2C(=C([O-])c3ccc(OCC(C)C)c(C)c3)C(=O)C(=O)N2Cc2ccc[nH+]c2)cc1. The topological polar surface area (TPSA) is 93.0 Å². The number of carbonyl (C=O) groups is 2. The molecule has 1 N–H and O–H groups in total.